The predicted octanol–water partition coefficient (Wildman–Crippen LogP) is 6.28. The highest BCUT2D eigenvalue weighted by molar-refractivity contribution is 7.15. The van der Waals surface area contributed by atoms with E-state index in [4.69, 9.17) is 24.0 Å². The quantitative estimate of drug-likeness (QED) is 0.231. The molecule has 0 bridgehead atoms. The van der Waals surface area contributed by atoms with Crippen LogP contribution in [0.4, 0.5) is 13.2 Å². The largest absolute Gasteiger partial charge is 0.486 e. The monoisotopic (exact) mass is 556 g/mol. The van der Waals surface area contributed by atoms with Gasteiger partial charge in [0.1, 0.15) is 23.1 Å². The molecule has 0 radical (unpaired) electrons. The number of aromatic nitrogens is 2. The number of aryl methyl sites for hydroxylation is 1. The summed E-state index contributed by atoms with van der Waals surface area (Å²) in [7, 11) is 0. The Kier molecular flexibility index (Phi) is 6.87. The Morgan fingerprint density at radius 3 is 2.49 bits per heavy atom. The van der Waals surface area contributed by atoms with E-state index in [2.05, 4.69) is 4.98 Å². The number of carboxylic acid groups (broad SMARTS) is 1. The molecule has 8 nitrogen and oxygen atoms in total. The highest BCUT2D eigenvalue weighted by Gasteiger charge is 2.30. The zero-order valence-corrected chi connectivity index (χ0v) is 21.0. The molecular weight excluding hydrogens is 537 g/mol. The summed E-state index contributed by atoms with van der Waals surface area (Å²) in [6.07, 6.45) is -4.46. The molecule has 39 heavy (non-hydrogen) atoms. The molecule has 0 saturated heterocycles. The van der Waals surface area contributed by atoms with Crippen LogP contribution in [-0.2, 0) is 17.6 Å². The molecular formula is C27H19F3N2O6S. The molecule has 0 spiro atoms. The average Bonchev–Trinajstić information content (AvgIpc) is 3.48. The van der Waals surface area contributed by atoms with Gasteiger partial charge < -0.3 is 19.0 Å². The van der Waals surface area contributed by atoms with Crippen LogP contribution in [0.5, 0.6) is 11.5 Å². The Morgan fingerprint density at radius 1 is 1.05 bits per heavy atom. The molecule has 0 aliphatic rings. The second-order valence-corrected chi connectivity index (χ2v) is 9.57. The van der Waals surface area contributed by atoms with Crippen LogP contribution >= 0.6 is 11.3 Å². The van der Waals surface area contributed by atoms with E-state index in [0.717, 1.165) is 12.1 Å². The van der Waals surface area contributed by atoms with Crippen molar-refractivity contribution in [3.63, 3.8) is 0 Å². The molecule has 12 heteroatoms. The number of fused-ring (bicyclic) bond motifs is 1. The lowest BCUT2D eigenvalue weighted by atomic mass is 10.0. The van der Waals surface area contributed by atoms with Crippen LogP contribution in [0.25, 0.3) is 32.8 Å². The number of benzene rings is 3. The topological polar surface area (TPSA) is 115 Å². The second-order valence-electron chi connectivity index (χ2n) is 8.48. The number of halogens is 3. The number of H-pyrrole nitrogens is 1. The smallest absolute Gasteiger partial charge is 0.417 e. The van der Waals surface area contributed by atoms with Crippen molar-refractivity contribution >= 4 is 28.4 Å². The lowest BCUT2D eigenvalue weighted by molar-refractivity contribution is -0.139. The highest BCUT2D eigenvalue weighted by Crippen LogP contribution is 2.39. The fourth-order valence-corrected chi connectivity index (χ4v) is 4.88. The minimum absolute atomic E-state index is 0.0640. The number of hydrogen-bond donors (Lipinski definition) is 2. The van der Waals surface area contributed by atoms with E-state index in [1.54, 1.807) is 43.3 Å². The average molecular weight is 557 g/mol. The molecule has 200 valence electrons. The zero-order chi connectivity index (χ0) is 27.7. The van der Waals surface area contributed by atoms with Gasteiger partial charge in [0, 0.05) is 5.56 Å². The van der Waals surface area contributed by atoms with Crippen molar-refractivity contribution in [2.24, 2.45) is 0 Å². The number of hydrogen-bond acceptors (Lipinski definition) is 7. The lowest BCUT2D eigenvalue weighted by Crippen LogP contribution is -2.10. The van der Waals surface area contributed by atoms with Crippen molar-refractivity contribution < 1.29 is 37.0 Å². The van der Waals surface area contributed by atoms with Gasteiger partial charge in [-0.2, -0.15) is 13.2 Å². The van der Waals surface area contributed by atoms with Crippen molar-refractivity contribution in [2.75, 3.05) is 6.61 Å². The number of aromatic amines is 1. The Bertz CT molecular complexity index is 1720. The Morgan fingerprint density at radius 2 is 1.79 bits per heavy atom. The van der Waals surface area contributed by atoms with Gasteiger partial charge in [-0.05, 0) is 60.5 Å². The molecule has 2 N–H and O–H groups in total. The van der Waals surface area contributed by atoms with Gasteiger partial charge in [0.25, 0.3) is 0 Å². The van der Waals surface area contributed by atoms with Gasteiger partial charge in [0.05, 0.1) is 21.7 Å². The van der Waals surface area contributed by atoms with E-state index in [9.17, 15) is 22.8 Å². The van der Waals surface area contributed by atoms with Crippen LogP contribution in [0.2, 0.25) is 0 Å². The fraction of sp³-hybridized carbons (Fsp3) is 0.148. The fourth-order valence-electron chi connectivity index (χ4n) is 3.88. The highest BCUT2D eigenvalue weighted by atomic mass is 32.1. The van der Waals surface area contributed by atoms with Gasteiger partial charge in [0.15, 0.2) is 12.2 Å². The summed E-state index contributed by atoms with van der Waals surface area (Å²) in [5.41, 5.74) is 2.39. The number of ether oxygens (including phenoxy) is 2. The molecule has 0 amide bonds. The van der Waals surface area contributed by atoms with Crippen LogP contribution in [0.3, 0.4) is 0 Å². The standard InChI is InChI=1S/C27H19F3N2O6S/c1-14-10-18(7-9-20(14)37-13-23(33)34)36-12-22-32-24(16-4-8-19-21(11-16)38-26(35)31-19)25(39-22)15-2-5-17(6-3-15)27(28,29)30/h2-11H,12-13H2,1H3,(H,31,35)(H,33,34). The Hall–Kier alpha value is -4.58. The summed E-state index contributed by atoms with van der Waals surface area (Å²) >= 11 is 1.26. The van der Waals surface area contributed by atoms with Crippen LogP contribution in [0.15, 0.2) is 69.9 Å². The number of rotatable bonds is 8. The van der Waals surface area contributed by atoms with Crippen LogP contribution in [0.1, 0.15) is 16.1 Å². The van der Waals surface area contributed by atoms with E-state index in [1.165, 1.54) is 23.5 Å². The molecule has 2 aromatic heterocycles. The van der Waals surface area contributed by atoms with Crippen LogP contribution in [0, 0.1) is 6.92 Å². The third-order valence-electron chi connectivity index (χ3n) is 5.70. The van der Waals surface area contributed by atoms with E-state index in [-0.39, 0.29) is 6.61 Å². The van der Waals surface area contributed by atoms with Crippen molar-refractivity contribution in [1.82, 2.24) is 9.97 Å². The zero-order valence-electron chi connectivity index (χ0n) is 20.2. The number of carbonyl (C=O) groups is 1. The first kappa shape index (κ1) is 26.0. The van der Waals surface area contributed by atoms with Crippen molar-refractivity contribution in [2.45, 2.75) is 19.7 Å². The molecule has 0 aliphatic heterocycles. The number of carboxylic acids is 1. The summed E-state index contributed by atoms with van der Waals surface area (Å²) in [6, 6.07) is 14.8. The maximum Gasteiger partial charge on any atom is 0.417 e. The lowest BCUT2D eigenvalue weighted by Gasteiger charge is -2.09. The second kappa shape index (κ2) is 10.3. The number of nitrogens with zero attached hydrogens (tertiary/aromatic N) is 1. The minimum atomic E-state index is -4.46. The first-order valence-corrected chi connectivity index (χ1v) is 12.3. The van der Waals surface area contributed by atoms with E-state index in [0.29, 0.717) is 54.9 Å². The normalized spacial score (nSPS) is 11.6. The number of nitrogens with one attached hydrogen (secondary N) is 1. The number of aliphatic carboxylic acids is 1. The summed E-state index contributed by atoms with van der Waals surface area (Å²) in [5, 5.41) is 9.35. The molecule has 0 fully saturated rings. The van der Waals surface area contributed by atoms with Gasteiger partial charge in [-0.3, -0.25) is 4.98 Å². The number of thiazole rings is 1. The van der Waals surface area contributed by atoms with Gasteiger partial charge in [-0.1, -0.05) is 18.2 Å². The molecule has 5 aromatic rings. The molecule has 3 aromatic carbocycles. The molecule has 0 unspecified atom stereocenters. The van der Waals surface area contributed by atoms with E-state index >= 15 is 0 Å². The first-order chi connectivity index (χ1) is 18.6. The Labute approximate surface area is 222 Å². The van der Waals surface area contributed by atoms with Gasteiger partial charge >= 0.3 is 17.9 Å². The van der Waals surface area contributed by atoms with Crippen LogP contribution < -0.4 is 15.2 Å². The van der Waals surface area contributed by atoms with Gasteiger partial charge in [-0.25, -0.2) is 14.6 Å². The maximum absolute atomic E-state index is 13.1. The van der Waals surface area contributed by atoms with Gasteiger partial charge in [0.2, 0.25) is 0 Å². The first-order valence-electron chi connectivity index (χ1n) is 11.5. The van der Waals surface area contributed by atoms with Crippen molar-refractivity contribution in [3.8, 4) is 33.2 Å². The molecule has 0 aliphatic carbocycles. The molecule has 5 rings (SSSR count). The number of oxazole rings is 1. The van der Waals surface area contributed by atoms with Crippen molar-refractivity contribution in [3.05, 3.63) is 87.3 Å². The van der Waals surface area contributed by atoms with Crippen LogP contribution in [-0.4, -0.2) is 27.7 Å². The molecule has 0 saturated carbocycles. The molecule has 0 atom stereocenters. The minimum Gasteiger partial charge on any atom is -0.486 e. The SMILES string of the molecule is Cc1cc(OCc2nc(-c3ccc4[nH]c(=O)oc4c3)c(-c3ccc(C(F)(F)F)cc3)s2)ccc1OCC(=O)O. The molecule has 2 heterocycles. The Balaban J connectivity index is 1.46. The number of alkyl halides is 3. The third-order valence-corrected chi connectivity index (χ3v) is 6.78. The van der Waals surface area contributed by atoms with Crippen molar-refractivity contribution in [1.29, 1.82) is 0 Å². The van der Waals surface area contributed by atoms with E-state index in [1.807, 2.05) is 0 Å². The van der Waals surface area contributed by atoms with E-state index < -0.39 is 30.1 Å². The summed E-state index contributed by atoms with van der Waals surface area (Å²) in [6.45, 7) is 1.35. The summed E-state index contributed by atoms with van der Waals surface area (Å²) in [5.74, 6) is -0.778. The predicted molar refractivity (Wildman–Crippen MR) is 137 cm³/mol. The summed E-state index contributed by atoms with van der Waals surface area (Å²) < 4.78 is 55.6. The summed E-state index contributed by atoms with van der Waals surface area (Å²) in [4.78, 5) is 30.2. The third kappa shape index (κ3) is 5.80. The van der Waals surface area contributed by atoms with Gasteiger partial charge in [-0.15, -0.1) is 11.3 Å². The maximum atomic E-state index is 13.1.